The van der Waals surface area contributed by atoms with Gasteiger partial charge < -0.3 is 4.90 Å². The molecule has 1 aromatic carbocycles. The highest BCUT2D eigenvalue weighted by atomic mass is 35.5. The maximum Gasteiger partial charge on any atom is 0.255 e. The molecule has 1 amide bonds. The molecule has 1 aliphatic carbocycles. The van der Waals surface area contributed by atoms with Gasteiger partial charge >= 0.3 is 0 Å². The summed E-state index contributed by atoms with van der Waals surface area (Å²) in [7, 11) is 0. The molecule has 1 aliphatic rings. The molecule has 0 radical (unpaired) electrons. The molecule has 0 saturated heterocycles. The largest absolute Gasteiger partial charge is 0.334 e. The van der Waals surface area contributed by atoms with Gasteiger partial charge in [0.15, 0.2) is 0 Å². The van der Waals surface area contributed by atoms with E-state index in [1.54, 1.807) is 18.2 Å². The van der Waals surface area contributed by atoms with Crippen LogP contribution in [0.25, 0.3) is 0 Å². The summed E-state index contributed by atoms with van der Waals surface area (Å²) < 4.78 is 0. The SMILES string of the molecule is O=C(c1cc(Cl)ccc1Cl)N(CCCl)C1CCCC1. The summed E-state index contributed by atoms with van der Waals surface area (Å²) in [4.78, 5) is 14.5. The topological polar surface area (TPSA) is 20.3 Å². The Labute approximate surface area is 128 Å². The molecule has 5 heteroatoms. The second-order valence-electron chi connectivity index (χ2n) is 4.75. The van der Waals surface area contributed by atoms with E-state index in [0.717, 1.165) is 12.8 Å². The zero-order valence-electron chi connectivity index (χ0n) is 10.5. The van der Waals surface area contributed by atoms with Crippen molar-refractivity contribution in [2.75, 3.05) is 12.4 Å². The lowest BCUT2D eigenvalue weighted by molar-refractivity contribution is 0.0695. The predicted octanol–water partition coefficient (Wildman–Crippen LogP) is 4.62. The summed E-state index contributed by atoms with van der Waals surface area (Å²) in [5, 5.41) is 0.956. The summed E-state index contributed by atoms with van der Waals surface area (Å²) in [5.41, 5.74) is 0.464. The van der Waals surface area contributed by atoms with Gasteiger partial charge in [-0.25, -0.2) is 0 Å². The van der Waals surface area contributed by atoms with Gasteiger partial charge in [0.1, 0.15) is 0 Å². The highest BCUT2D eigenvalue weighted by Gasteiger charge is 2.28. The molecule has 0 bridgehead atoms. The third kappa shape index (κ3) is 3.56. The normalized spacial score (nSPS) is 15.7. The molecule has 0 atom stereocenters. The van der Waals surface area contributed by atoms with E-state index in [-0.39, 0.29) is 11.9 Å². The molecule has 0 heterocycles. The third-order valence-corrected chi connectivity index (χ3v) is 4.24. The molecule has 2 nitrogen and oxygen atoms in total. The van der Waals surface area contributed by atoms with Crippen molar-refractivity contribution < 1.29 is 4.79 Å². The quantitative estimate of drug-likeness (QED) is 0.741. The van der Waals surface area contributed by atoms with Gasteiger partial charge in [-0.3, -0.25) is 4.79 Å². The Balaban J connectivity index is 2.25. The van der Waals surface area contributed by atoms with Crippen LogP contribution in [0.15, 0.2) is 18.2 Å². The van der Waals surface area contributed by atoms with Gasteiger partial charge in [0.25, 0.3) is 5.91 Å². The fourth-order valence-electron chi connectivity index (χ4n) is 2.57. The Morgan fingerprint density at radius 3 is 2.58 bits per heavy atom. The second-order valence-corrected chi connectivity index (χ2v) is 5.97. The first-order chi connectivity index (χ1) is 9.13. The number of rotatable bonds is 4. The molecule has 0 unspecified atom stereocenters. The Kier molecular flexibility index (Phi) is 5.37. The van der Waals surface area contributed by atoms with E-state index in [4.69, 9.17) is 34.8 Å². The molecule has 1 fully saturated rings. The third-order valence-electron chi connectivity index (χ3n) is 3.51. The minimum absolute atomic E-state index is 0.0694. The minimum atomic E-state index is -0.0694. The zero-order chi connectivity index (χ0) is 13.8. The van der Waals surface area contributed by atoms with E-state index in [2.05, 4.69) is 0 Å². The lowest BCUT2D eigenvalue weighted by Gasteiger charge is -2.28. The van der Waals surface area contributed by atoms with Crippen molar-refractivity contribution in [2.45, 2.75) is 31.7 Å². The van der Waals surface area contributed by atoms with Crippen LogP contribution in [0.3, 0.4) is 0 Å². The van der Waals surface area contributed by atoms with Crippen LogP contribution in [-0.4, -0.2) is 29.3 Å². The number of amides is 1. The number of hydrogen-bond acceptors (Lipinski definition) is 1. The zero-order valence-corrected chi connectivity index (χ0v) is 12.8. The van der Waals surface area contributed by atoms with E-state index in [1.165, 1.54) is 12.8 Å². The lowest BCUT2D eigenvalue weighted by atomic mass is 10.1. The van der Waals surface area contributed by atoms with Crippen molar-refractivity contribution in [2.24, 2.45) is 0 Å². The Bertz CT molecular complexity index is 458. The van der Waals surface area contributed by atoms with Gasteiger partial charge in [0.2, 0.25) is 0 Å². The number of hydrogen-bond donors (Lipinski definition) is 0. The van der Waals surface area contributed by atoms with Gasteiger partial charge in [-0.1, -0.05) is 36.0 Å². The van der Waals surface area contributed by atoms with Crippen molar-refractivity contribution in [1.82, 2.24) is 4.90 Å². The number of nitrogens with zero attached hydrogens (tertiary/aromatic N) is 1. The summed E-state index contributed by atoms with van der Waals surface area (Å²) in [6.45, 7) is 0.550. The molecule has 1 saturated carbocycles. The molecule has 0 aliphatic heterocycles. The van der Waals surface area contributed by atoms with E-state index in [0.29, 0.717) is 28.0 Å². The molecular weight excluding hydrogens is 305 g/mol. The fraction of sp³-hybridized carbons (Fsp3) is 0.500. The monoisotopic (exact) mass is 319 g/mol. The fourth-order valence-corrected chi connectivity index (χ4v) is 3.13. The average molecular weight is 321 g/mol. The first-order valence-corrected chi connectivity index (χ1v) is 7.74. The standard InChI is InChI=1S/C14H16Cl3NO/c15-7-8-18(11-3-1-2-4-11)14(19)12-9-10(16)5-6-13(12)17/h5-6,9,11H,1-4,7-8H2. The average Bonchev–Trinajstić information content (AvgIpc) is 2.92. The molecule has 0 spiro atoms. The molecule has 2 rings (SSSR count). The number of carbonyl (C=O) groups is 1. The Morgan fingerprint density at radius 2 is 1.95 bits per heavy atom. The van der Waals surface area contributed by atoms with Crippen molar-refractivity contribution in [3.05, 3.63) is 33.8 Å². The van der Waals surface area contributed by atoms with E-state index >= 15 is 0 Å². The van der Waals surface area contributed by atoms with Gasteiger partial charge in [-0.2, -0.15) is 0 Å². The number of benzene rings is 1. The Hall–Kier alpha value is -0.440. The predicted molar refractivity (Wildman–Crippen MR) is 80.5 cm³/mol. The second kappa shape index (κ2) is 6.83. The maximum absolute atomic E-state index is 12.6. The van der Waals surface area contributed by atoms with E-state index < -0.39 is 0 Å². The van der Waals surface area contributed by atoms with Crippen molar-refractivity contribution in [3.8, 4) is 0 Å². The summed E-state index contributed by atoms with van der Waals surface area (Å²) >= 11 is 17.9. The van der Waals surface area contributed by atoms with Crippen LogP contribution in [0.4, 0.5) is 0 Å². The van der Waals surface area contributed by atoms with Crippen LogP contribution in [-0.2, 0) is 0 Å². The van der Waals surface area contributed by atoms with Crippen LogP contribution in [0.5, 0.6) is 0 Å². The molecule has 1 aromatic rings. The molecule has 0 aromatic heterocycles. The number of alkyl halides is 1. The molecule has 19 heavy (non-hydrogen) atoms. The minimum Gasteiger partial charge on any atom is -0.334 e. The highest BCUT2D eigenvalue weighted by Crippen LogP contribution is 2.28. The highest BCUT2D eigenvalue weighted by molar-refractivity contribution is 6.35. The van der Waals surface area contributed by atoms with Crippen LogP contribution in [0, 0.1) is 0 Å². The maximum atomic E-state index is 12.6. The van der Waals surface area contributed by atoms with Gasteiger partial charge in [0.05, 0.1) is 10.6 Å². The van der Waals surface area contributed by atoms with Crippen molar-refractivity contribution in [3.63, 3.8) is 0 Å². The molecular formula is C14H16Cl3NO. The van der Waals surface area contributed by atoms with Crippen molar-refractivity contribution in [1.29, 1.82) is 0 Å². The summed E-state index contributed by atoms with van der Waals surface area (Å²) in [6, 6.07) is 5.25. The molecule has 104 valence electrons. The van der Waals surface area contributed by atoms with Gasteiger partial charge in [0, 0.05) is 23.5 Å². The van der Waals surface area contributed by atoms with Crippen LogP contribution in [0.2, 0.25) is 10.0 Å². The van der Waals surface area contributed by atoms with Gasteiger partial charge in [-0.15, -0.1) is 11.6 Å². The summed E-state index contributed by atoms with van der Waals surface area (Å²) in [5.74, 6) is 0.362. The van der Waals surface area contributed by atoms with Crippen molar-refractivity contribution >= 4 is 40.7 Å². The Morgan fingerprint density at radius 1 is 1.26 bits per heavy atom. The molecule has 0 N–H and O–H groups in total. The summed E-state index contributed by atoms with van der Waals surface area (Å²) in [6.07, 6.45) is 4.42. The number of carbonyl (C=O) groups excluding carboxylic acids is 1. The smallest absolute Gasteiger partial charge is 0.255 e. The van der Waals surface area contributed by atoms with Gasteiger partial charge in [-0.05, 0) is 31.0 Å². The van der Waals surface area contributed by atoms with Crippen LogP contribution >= 0.6 is 34.8 Å². The van der Waals surface area contributed by atoms with Crippen LogP contribution < -0.4 is 0 Å². The number of halogens is 3. The van der Waals surface area contributed by atoms with Crippen LogP contribution in [0.1, 0.15) is 36.0 Å². The lowest BCUT2D eigenvalue weighted by Crippen LogP contribution is -2.40. The van der Waals surface area contributed by atoms with E-state index in [1.807, 2.05) is 4.90 Å². The first kappa shape index (κ1) is 15.0. The van der Waals surface area contributed by atoms with E-state index in [9.17, 15) is 4.79 Å². The first-order valence-electron chi connectivity index (χ1n) is 6.45.